The van der Waals surface area contributed by atoms with Gasteiger partial charge >= 0.3 is 0 Å². The molecule has 1 amide bonds. The lowest BCUT2D eigenvalue weighted by Gasteiger charge is -2.34. The van der Waals surface area contributed by atoms with Gasteiger partial charge in [-0.05, 0) is 30.5 Å². The van der Waals surface area contributed by atoms with E-state index in [-0.39, 0.29) is 10.5 Å². The number of hydrogen-bond donors (Lipinski definition) is 1. The number of rotatable bonds is 7. The average Bonchev–Trinajstić information content (AvgIpc) is 2.84. The molecule has 2 aromatic carbocycles. The predicted octanol–water partition coefficient (Wildman–Crippen LogP) is 2.38. The van der Waals surface area contributed by atoms with Crippen LogP contribution in [-0.4, -0.2) is 62.6 Å². The summed E-state index contributed by atoms with van der Waals surface area (Å²) >= 11 is 0. The number of carbonyl (C=O) groups is 1. The van der Waals surface area contributed by atoms with Crippen molar-refractivity contribution in [1.29, 1.82) is 0 Å². The van der Waals surface area contributed by atoms with Crippen LogP contribution in [-0.2, 0) is 26.1 Å². The fraction of sp³-hybridized carbons (Fsp3) is 0.435. The Morgan fingerprint density at radius 3 is 2.44 bits per heavy atom. The molecule has 2 heterocycles. The summed E-state index contributed by atoms with van der Waals surface area (Å²) < 4.78 is 33.6. The van der Waals surface area contributed by atoms with Crippen molar-refractivity contribution in [2.45, 2.75) is 37.0 Å². The molecule has 0 spiro atoms. The van der Waals surface area contributed by atoms with Crippen molar-refractivity contribution in [2.75, 3.05) is 32.8 Å². The molecule has 2 aliphatic rings. The summed E-state index contributed by atoms with van der Waals surface area (Å²) in [6, 6.07) is 16.4. The highest BCUT2D eigenvalue weighted by Gasteiger charge is 2.31. The molecule has 0 aromatic heterocycles. The quantitative estimate of drug-likeness (QED) is 0.640. The molecule has 0 saturated carbocycles. The number of nitrogens with zero attached hydrogens (tertiary/aromatic N) is 2. The lowest BCUT2D eigenvalue weighted by Crippen LogP contribution is -2.48. The first-order valence-corrected chi connectivity index (χ1v) is 12.4. The lowest BCUT2D eigenvalue weighted by molar-refractivity contribution is -0.186. The van der Waals surface area contributed by atoms with Gasteiger partial charge in [0.2, 0.25) is 10.0 Å². The van der Waals surface area contributed by atoms with Crippen LogP contribution in [0.1, 0.15) is 35.2 Å². The number of carbonyl (C=O) groups excluding carboxylic acids is 1. The van der Waals surface area contributed by atoms with Gasteiger partial charge in [0.25, 0.3) is 5.91 Å². The summed E-state index contributed by atoms with van der Waals surface area (Å²) in [5.41, 5.74) is 3.63. The largest absolute Gasteiger partial charge is 0.350 e. The molecule has 0 radical (unpaired) electrons. The summed E-state index contributed by atoms with van der Waals surface area (Å²) in [4.78, 5) is 20.3. The summed E-state index contributed by atoms with van der Waals surface area (Å²) in [6.45, 7) is 3.38. The SMILES string of the molecule is O=C(NOC1CCCCO1)c1ccccc1S(=O)(=O)N1CCN(Cc2ccccc2)CC1. The molecule has 0 bridgehead atoms. The highest BCUT2D eigenvalue weighted by Crippen LogP contribution is 2.22. The molecule has 2 fully saturated rings. The fourth-order valence-corrected chi connectivity index (χ4v) is 5.58. The predicted molar refractivity (Wildman–Crippen MR) is 119 cm³/mol. The minimum Gasteiger partial charge on any atom is -0.350 e. The number of sulfonamides is 1. The molecular weight excluding hydrogens is 430 g/mol. The number of benzene rings is 2. The molecule has 8 nitrogen and oxygen atoms in total. The van der Waals surface area contributed by atoms with Crippen molar-refractivity contribution in [3.63, 3.8) is 0 Å². The van der Waals surface area contributed by atoms with Gasteiger partial charge < -0.3 is 4.74 Å². The molecule has 1 N–H and O–H groups in total. The highest BCUT2D eigenvalue weighted by molar-refractivity contribution is 7.89. The van der Waals surface area contributed by atoms with Crippen LogP contribution in [0.15, 0.2) is 59.5 Å². The molecule has 2 aliphatic heterocycles. The third kappa shape index (κ3) is 5.54. The van der Waals surface area contributed by atoms with E-state index in [0.29, 0.717) is 39.2 Å². The first-order valence-electron chi connectivity index (χ1n) is 11.0. The summed E-state index contributed by atoms with van der Waals surface area (Å²) in [7, 11) is -3.82. The van der Waals surface area contributed by atoms with Crippen molar-refractivity contribution < 1.29 is 22.8 Å². The third-order valence-electron chi connectivity index (χ3n) is 5.75. The van der Waals surface area contributed by atoms with Gasteiger partial charge in [0.15, 0.2) is 6.29 Å². The van der Waals surface area contributed by atoms with E-state index in [4.69, 9.17) is 9.57 Å². The Labute approximate surface area is 189 Å². The Morgan fingerprint density at radius 2 is 1.72 bits per heavy atom. The second-order valence-corrected chi connectivity index (χ2v) is 9.91. The highest BCUT2D eigenvalue weighted by atomic mass is 32.2. The van der Waals surface area contributed by atoms with Crippen molar-refractivity contribution in [3.8, 4) is 0 Å². The molecule has 2 aromatic rings. The molecule has 9 heteroatoms. The first-order chi connectivity index (χ1) is 15.5. The van der Waals surface area contributed by atoms with Gasteiger partial charge in [-0.2, -0.15) is 4.31 Å². The number of hydroxylamine groups is 1. The minimum absolute atomic E-state index is 0.0119. The minimum atomic E-state index is -3.82. The zero-order valence-corrected chi connectivity index (χ0v) is 18.8. The van der Waals surface area contributed by atoms with Gasteiger partial charge in [0.05, 0.1) is 10.5 Å². The van der Waals surface area contributed by atoms with Crippen molar-refractivity contribution in [3.05, 3.63) is 65.7 Å². The summed E-state index contributed by atoms with van der Waals surface area (Å²) in [6.07, 6.45) is 2.11. The van der Waals surface area contributed by atoms with Gasteiger partial charge in [-0.1, -0.05) is 42.5 Å². The summed E-state index contributed by atoms with van der Waals surface area (Å²) in [5.74, 6) is -0.596. The molecule has 1 unspecified atom stereocenters. The topological polar surface area (TPSA) is 88.2 Å². The van der Waals surface area contributed by atoms with Crippen LogP contribution in [0.4, 0.5) is 0 Å². The Kier molecular flexibility index (Phi) is 7.54. The average molecular weight is 460 g/mol. The van der Waals surface area contributed by atoms with Crippen LogP contribution in [0.5, 0.6) is 0 Å². The Bertz CT molecular complexity index is 1000. The number of nitrogens with one attached hydrogen (secondary N) is 1. The van der Waals surface area contributed by atoms with E-state index in [2.05, 4.69) is 22.5 Å². The van der Waals surface area contributed by atoms with Crippen molar-refractivity contribution >= 4 is 15.9 Å². The Morgan fingerprint density at radius 1 is 1.00 bits per heavy atom. The maximum absolute atomic E-state index is 13.3. The second-order valence-electron chi connectivity index (χ2n) is 8.01. The molecular formula is C23H29N3O5S. The van der Waals surface area contributed by atoms with Crippen LogP contribution in [0, 0.1) is 0 Å². The monoisotopic (exact) mass is 459 g/mol. The summed E-state index contributed by atoms with van der Waals surface area (Å²) in [5, 5.41) is 0. The molecule has 1 atom stereocenters. The normalized spacial score (nSPS) is 20.7. The molecule has 0 aliphatic carbocycles. The van der Waals surface area contributed by atoms with E-state index in [9.17, 15) is 13.2 Å². The number of piperazine rings is 1. The Balaban J connectivity index is 1.40. The Hall–Kier alpha value is -2.30. The zero-order chi connectivity index (χ0) is 22.4. The fourth-order valence-electron chi connectivity index (χ4n) is 3.97. The van der Waals surface area contributed by atoms with Crippen LogP contribution in [0.25, 0.3) is 0 Å². The van der Waals surface area contributed by atoms with Gasteiger partial charge in [-0.3, -0.25) is 9.69 Å². The van der Waals surface area contributed by atoms with Crippen LogP contribution in [0.3, 0.4) is 0 Å². The first kappa shape index (κ1) is 22.9. The standard InChI is InChI=1S/C23H29N3O5S/c27-23(24-31-22-12-6-7-17-30-22)20-10-4-5-11-21(20)32(28,29)26-15-13-25(14-16-26)18-19-8-2-1-3-9-19/h1-5,8-11,22H,6-7,12-18H2,(H,24,27). The third-order valence-corrected chi connectivity index (χ3v) is 7.71. The number of amides is 1. The molecule has 4 rings (SSSR count). The smallest absolute Gasteiger partial charge is 0.276 e. The number of hydrogen-bond acceptors (Lipinski definition) is 6. The zero-order valence-electron chi connectivity index (χ0n) is 18.0. The lowest BCUT2D eigenvalue weighted by atomic mass is 10.2. The van der Waals surface area contributed by atoms with E-state index in [1.807, 2.05) is 18.2 Å². The van der Waals surface area contributed by atoms with Crippen molar-refractivity contribution in [2.24, 2.45) is 0 Å². The van der Waals surface area contributed by atoms with E-state index in [1.54, 1.807) is 12.1 Å². The second kappa shape index (κ2) is 10.5. The maximum atomic E-state index is 13.3. The van der Waals surface area contributed by atoms with Crippen LogP contribution in [0.2, 0.25) is 0 Å². The molecule has 32 heavy (non-hydrogen) atoms. The van der Waals surface area contributed by atoms with Crippen molar-refractivity contribution in [1.82, 2.24) is 14.7 Å². The van der Waals surface area contributed by atoms with Gasteiger partial charge in [-0.25, -0.2) is 18.7 Å². The maximum Gasteiger partial charge on any atom is 0.276 e. The van der Waals surface area contributed by atoms with E-state index < -0.39 is 22.2 Å². The molecule has 172 valence electrons. The van der Waals surface area contributed by atoms with Gasteiger partial charge in [0, 0.05) is 45.8 Å². The van der Waals surface area contributed by atoms with Gasteiger partial charge in [-0.15, -0.1) is 0 Å². The van der Waals surface area contributed by atoms with Crippen LogP contribution >= 0.6 is 0 Å². The van der Waals surface area contributed by atoms with Gasteiger partial charge in [0.1, 0.15) is 0 Å². The number of ether oxygens (including phenoxy) is 1. The van der Waals surface area contributed by atoms with E-state index >= 15 is 0 Å². The van der Waals surface area contributed by atoms with Crippen LogP contribution < -0.4 is 5.48 Å². The van der Waals surface area contributed by atoms with E-state index in [1.165, 1.54) is 22.0 Å². The van der Waals surface area contributed by atoms with E-state index in [0.717, 1.165) is 19.4 Å². The molecule has 2 saturated heterocycles.